The Hall–Kier alpha value is -1.95. The summed E-state index contributed by atoms with van der Waals surface area (Å²) in [5, 5.41) is 18.6. The predicted molar refractivity (Wildman–Crippen MR) is 72.5 cm³/mol. The first-order valence-corrected chi connectivity index (χ1v) is 6.10. The number of amides is 1. The first-order chi connectivity index (χ1) is 8.69. The van der Waals surface area contributed by atoms with Crippen LogP contribution >= 0.6 is 22.6 Å². The summed E-state index contributed by atoms with van der Waals surface area (Å²) in [6, 6.07) is 9.31. The molecule has 1 amide bonds. The Kier molecular flexibility index (Phi) is 3.88. The van der Waals surface area contributed by atoms with Crippen LogP contribution in [0.25, 0.3) is 0 Å². The molecule has 6 nitrogen and oxygen atoms in total. The maximum absolute atomic E-state index is 11.8. The summed E-state index contributed by atoms with van der Waals surface area (Å²) in [5.41, 5.74) is 0.721. The van der Waals surface area contributed by atoms with E-state index in [9.17, 15) is 4.79 Å². The minimum atomic E-state index is -0.228. The molecule has 0 saturated carbocycles. The van der Waals surface area contributed by atoms with Gasteiger partial charge in [-0.3, -0.25) is 9.36 Å². The Labute approximate surface area is 117 Å². The molecule has 0 radical (unpaired) electrons. The number of rotatable bonds is 3. The minimum absolute atomic E-state index is 0.0152. The number of hydrogen-bond acceptors (Lipinski definition) is 4. The number of carbonyl (C=O) groups excluding carboxylic acids is 1. The van der Waals surface area contributed by atoms with Gasteiger partial charge in [0.2, 0.25) is 11.7 Å². The molecule has 2 aromatic rings. The molecule has 2 rings (SSSR count). The topological polar surface area (TPSA) is 83.6 Å². The van der Waals surface area contributed by atoms with Crippen molar-refractivity contribution in [2.75, 3.05) is 5.32 Å². The van der Waals surface area contributed by atoms with E-state index < -0.39 is 0 Å². The molecule has 7 heteroatoms. The van der Waals surface area contributed by atoms with Gasteiger partial charge in [0.25, 0.3) is 0 Å². The molecule has 90 valence electrons. The minimum Gasteiger partial charge on any atom is -0.325 e. The quantitative estimate of drug-likeness (QED) is 0.846. The molecule has 0 saturated heterocycles. The molecule has 1 N–H and O–H groups in total. The molecule has 0 aliphatic rings. The van der Waals surface area contributed by atoms with E-state index in [0.717, 1.165) is 9.26 Å². The zero-order valence-electron chi connectivity index (χ0n) is 9.17. The summed E-state index contributed by atoms with van der Waals surface area (Å²) in [5.74, 6) is -0.110. The summed E-state index contributed by atoms with van der Waals surface area (Å²) in [4.78, 5) is 11.8. The number of halogens is 1. The lowest BCUT2D eigenvalue weighted by Gasteiger charge is -2.06. The van der Waals surface area contributed by atoms with Crippen LogP contribution in [0.5, 0.6) is 0 Å². The predicted octanol–water partition coefficient (Wildman–Crippen LogP) is 1.39. The summed E-state index contributed by atoms with van der Waals surface area (Å²) >= 11 is 2.17. The van der Waals surface area contributed by atoms with Crippen molar-refractivity contribution in [2.24, 2.45) is 0 Å². The maximum atomic E-state index is 11.8. The van der Waals surface area contributed by atoms with Gasteiger partial charge >= 0.3 is 0 Å². The molecule has 1 aromatic heterocycles. The van der Waals surface area contributed by atoms with Gasteiger partial charge < -0.3 is 5.32 Å². The van der Waals surface area contributed by atoms with Crippen LogP contribution in [-0.4, -0.2) is 20.7 Å². The van der Waals surface area contributed by atoms with Crippen molar-refractivity contribution < 1.29 is 4.79 Å². The van der Waals surface area contributed by atoms with Gasteiger partial charge in [-0.15, -0.1) is 10.2 Å². The van der Waals surface area contributed by atoms with Crippen LogP contribution in [0, 0.1) is 14.9 Å². The molecule has 0 fully saturated rings. The summed E-state index contributed by atoms with van der Waals surface area (Å²) in [6.45, 7) is 0.0152. The van der Waals surface area contributed by atoms with Gasteiger partial charge in [0.05, 0.1) is 0 Å². The highest BCUT2D eigenvalue weighted by molar-refractivity contribution is 14.1. The summed E-state index contributed by atoms with van der Waals surface area (Å²) in [6.07, 6.45) is 1.35. The lowest BCUT2D eigenvalue weighted by molar-refractivity contribution is -0.116. The van der Waals surface area contributed by atoms with Crippen LogP contribution < -0.4 is 5.32 Å². The Morgan fingerprint density at radius 2 is 2.39 bits per heavy atom. The van der Waals surface area contributed by atoms with Crippen molar-refractivity contribution >= 4 is 34.2 Å². The zero-order chi connectivity index (χ0) is 13.0. The second-order valence-corrected chi connectivity index (χ2v) is 4.70. The Balaban J connectivity index is 2.04. The zero-order valence-corrected chi connectivity index (χ0v) is 11.3. The molecule has 0 unspecified atom stereocenters. The van der Waals surface area contributed by atoms with Crippen molar-refractivity contribution in [1.82, 2.24) is 14.8 Å². The van der Waals surface area contributed by atoms with Crippen molar-refractivity contribution in [3.05, 3.63) is 40.0 Å². The fourth-order valence-electron chi connectivity index (χ4n) is 1.38. The van der Waals surface area contributed by atoms with Gasteiger partial charge in [0.1, 0.15) is 18.9 Å². The monoisotopic (exact) mass is 353 g/mol. The van der Waals surface area contributed by atoms with Gasteiger partial charge in [-0.1, -0.05) is 6.07 Å². The van der Waals surface area contributed by atoms with Crippen molar-refractivity contribution in [1.29, 1.82) is 5.26 Å². The number of nitrogens with one attached hydrogen (secondary N) is 1. The SMILES string of the molecule is N#Cc1nncn1CC(=O)Nc1cccc(I)c1. The molecule has 1 heterocycles. The highest BCUT2D eigenvalue weighted by atomic mass is 127. The second kappa shape index (κ2) is 5.59. The van der Waals surface area contributed by atoms with Crippen molar-refractivity contribution in [2.45, 2.75) is 6.54 Å². The molecule has 0 spiro atoms. The van der Waals surface area contributed by atoms with E-state index in [1.807, 2.05) is 24.3 Å². The molecule has 0 atom stereocenters. The van der Waals surface area contributed by atoms with E-state index in [-0.39, 0.29) is 18.3 Å². The summed E-state index contributed by atoms with van der Waals surface area (Å²) in [7, 11) is 0. The van der Waals surface area contributed by atoms with Gasteiger partial charge in [-0.25, -0.2) is 0 Å². The lowest BCUT2D eigenvalue weighted by atomic mass is 10.3. The van der Waals surface area contributed by atoms with E-state index in [0.29, 0.717) is 0 Å². The van der Waals surface area contributed by atoms with Crippen LogP contribution in [0.1, 0.15) is 5.82 Å². The normalized spacial score (nSPS) is 9.78. The smallest absolute Gasteiger partial charge is 0.244 e. The number of carbonyl (C=O) groups is 1. The standard InChI is InChI=1S/C11H8IN5O/c12-8-2-1-3-9(4-8)15-11(18)6-17-7-14-16-10(17)5-13/h1-4,7H,6H2,(H,15,18). The van der Waals surface area contributed by atoms with Crippen LogP contribution in [0.3, 0.4) is 0 Å². The third-order valence-electron chi connectivity index (χ3n) is 2.14. The van der Waals surface area contributed by atoms with Crippen LogP contribution in [-0.2, 0) is 11.3 Å². The molecule has 18 heavy (non-hydrogen) atoms. The third kappa shape index (κ3) is 3.04. The average Bonchev–Trinajstić information content (AvgIpc) is 2.76. The van der Waals surface area contributed by atoms with E-state index in [4.69, 9.17) is 5.26 Å². The molecule has 0 aliphatic carbocycles. The van der Waals surface area contributed by atoms with Gasteiger partial charge in [-0.05, 0) is 40.8 Å². The Morgan fingerprint density at radius 3 is 3.11 bits per heavy atom. The van der Waals surface area contributed by atoms with E-state index >= 15 is 0 Å². The highest BCUT2D eigenvalue weighted by Crippen LogP contribution is 2.12. The summed E-state index contributed by atoms with van der Waals surface area (Å²) < 4.78 is 2.43. The number of nitrogens with zero attached hydrogens (tertiary/aromatic N) is 4. The molecular formula is C11H8IN5O. The molecule has 1 aromatic carbocycles. The number of aromatic nitrogens is 3. The van der Waals surface area contributed by atoms with E-state index in [1.54, 1.807) is 6.07 Å². The number of nitriles is 1. The average molecular weight is 353 g/mol. The maximum Gasteiger partial charge on any atom is 0.244 e. The largest absolute Gasteiger partial charge is 0.325 e. The fraction of sp³-hybridized carbons (Fsp3) is 0.0909. The van der Waals surface area contributed by atoms with Gasteiger partial charge in [0, 0.05) is 9.26 Å². The lowest BCUT2D eigenvalue weighted by Crippen LogP contribution is -2.19. The second-order valence-electron chi connectivity index (χ2n) is 3.45. The van der Waals surface area contributed by atoms with Crippen LogP contribution in [0.15, 0.2) is 30.6 Å². The Bertz CT molecular complexity index is 616. The van der Waals surface area contributed by atoms with E-state index in [1.165, 1.54) is 10.9 Å². The van der Waals surface area contributed by atoms with Gasteiger partial charge in [0.15, 0.2) is 0 Å². The van der Waals surface area contributed by atoms with Crippen molar-refractivity contribution in [3.8, 4) is 6.07 Å². The number of anilines is 1. The van der Waals surface area contributed by atoms with Crippen LogP contribution in [0.4, 0.5) is 5.69 Å². The third-order valence-corrected chi connectivity index (χ3v) is 2.81. The van der Waals surface area contributed by atoms with Crippen molar-refractivity contribution in [3.63, 3.8) is 0 Å². The fourth-order valence-corrected chi connectivity index (χ4v) is 1.92. The molecule has 0 bridgehead atoms. The highest BCUT2D eigenvalue weighted by Gasteiger charge is 2.08. The number of hydrogen-bond donors (Lipinski definition) is 1. The first-order valence-electron chi connectivity index (χ1n) is 5.02. The van der Waals surface area contributed by atoms with E-state index in [2.05, 4.69) is 38.1 Å². The molecule has 0 aliphatic heterocycles. The Morgan fingerprint density at radius 1 is 1.56 bits per heavy atom. The molecular weight excluding hydrogens is 345 g/mol. The van der Waals surface area contributed by atoms with Gasteiger partial charge in [-0.2, -0.15) is 5.26 Å². The van der Waals surface area contributed by atoms with Crippen LogP contribution in [0.2, 0.25) is 0 Å². The number of benzene rings is 1. The first kappa shape index (κ1) is 12.5.